The van der Waals surface area contributed by atoms with E-state index in [1.165, 1.54) is 12.1 Å². The first-order chi connectivity index (χ1) is 9.90. The van der Waals surface area contributed by atoms with Gasteiger partial charge in [-0.3, -0.25) is 10.2 Å². The van der Waals surface area contributed by atoms with Crippen molar-refractivity contribution in [1.29, 1.82) is 0 Å². The number of nitrogens with two attached hydrogens (primary N) is 1. The number of aromatic nitrogens is 1. The van der Waals surface area contributed by atoms with Gasteiger partial charge in [-0.15, -0.1) is 11.8 Å². The maximum absolute atomic E-state index is 12.6. The van der Waals surface area contributed by atoms with E-state index in [9.17, 15) is 18.0 Å². The quantitative estimate of drug-likeness (QED) is 0.392. The lowest BCUT2D eigenvalue weighted by Gasteiger charge is -2.07. The molecule has 0 radical (unpaired) electrons. The van der Waals surface area contributed by atoms with Gasteiger partial charge in [0.15, 0.2) is 5.69 Å². The molecular weight excluding hydrogens is 307 g/mol. The number of hydrazine groups is 1. The summed E-state index contributed by atoms with van der Waals surface area (Å²) in [6.45, 7) is 0. The molecule has 21 heavy (non-hydrogen) atoms. The summed E-state index contributed by atoms with van der Waals surface area (Å²) in [5.41, 5.74) is 1.20. The van der Waals surface area contributed by atoms with E-state index in [2.05, 4.69) is 5.16 Å². The second kappa shape index (κ2) is 6.19. The molecular formula is C12H10F3N3O2S. The van der Waals surface area contributed by atoms with E-state index in [1.54, 1.807) is 6.07 Å². The van der Waals surface area contributed by atoms with Crippen LogP contribution in [0.25, 0.3) is 0 Å². The van der Waals surface area contributed by atoms with E-state index in [4.69, 9.17) is 10.4 Å². The van der Waals surface area contributed by atoms with Crippen molar-refractivity contribution in [3.8, 4) is 0 Å². The number of amides is 1. The molecule has 2 aromatic rings. The monoisotopic (exact) mass is 317 g/mol. The molecule has 112 valence electrons. The molecule has 5 nitrogen and oxygen atoms in total. The number of carbonyl (C=O) groups excluding carboxylic acids is 1. The van der Waals surface area contributed by atoms with E-state index in [-0.39, 0.29) is 11.4 Å². The Morgan fingerprint density at radius 2 is 2.14 bits per heavy atom. The van der Waals surface area contributed by atoms with Crippen LogP contribution in [-0.4, -0.2) is 11.1 Å². The normalized spacial score (nSPS) is 11.4. The minimum absolute atomic E-state index is 0.0112. The zero-order valence-electron chi connectivity index (χ0n) is 10.5. The topological polar surface area (TPSA) is 81.1 Å². The van der Waals surface area contributed by atoms with Crippen LogP contribution in [0.5, 0.6) is 0 Å². The Morgan fingerprint density at radius 3 is 2.81 bits per heavy atom. The van der Waals surface area contributed by atoms with Crippen molar-refractivity contribution in [2.24, 2.45) is 5.84 Å². The van der Waals surface area contributed by atoms with Crippen LogP contribution < -0.4 is 11.3 Å². The van der Waals surface area contributed by atoms with Crippen LogP contribution >= 0.6 is 11.8 Å². The van der Waals surface area contributed by atoms with E-state index < -0.39 is 17.6 Å². The molecule has 1 heterocycles. The molecule has 1 aromatic heterocycles. The first-order valence-electron chi connectivity index (χ1n) is 5.67. The Bertz CT molecular complexity index is 643. The summed E-state index contributed by atoms with van der Waals surface area (Å²) in [6, 6.07) is 6.32. The Kier molecular flexibility index (Phi) is 4.53. The Labute approximate surface area is 121 Å². The van der Waals surface area contributed by atoms with Gasteiger partial charge in [0, 0.05) is 11.0 Å². The van der Waals surface area contributed by atoms with Crippen molar-refractivity contribution in [1.82, 2.24) is 10.6 Å². The third-order valence-corrected chi connectivity index (χ3v) is 3.48. The van der Waals surface area contributed by atoms with Gasteiger partial charge in [-0.1, -0.05) is 11.2 Å². The zero-order chi connectivity index (χ0) is 15.5. The fraction of sp³-hybridized carbons (Fsp3) is 0.167. The molecule has 0 bridgehead atoms. The number of hydrogen-bond donors (Lipinski definition) is 2. The maximum Gasteiger partial charge on any atom is 0.416 e. The van der Waals surface area contributed by atoms with Crippen LogP contribution in [0.15, 0.2) is 39.8 Å². The standard InChI is InChI=1S/C12H10F3N3O2S/c13-12(14,15)7-2-1-3-9(4-7)21-6-8-5-10(18-20-8)11(19)17-16/h1-5H,6,16H2,(H,17,19). The molecule has 0 aliphatic carbocycles. The Balaban J connectivity index is 2.03. The summed E-state index contributed by atoms with van der Waals surface area (Å²) in [6.07, 6.45) is -4.38. The van der Waals surface area contributed by atoms with Crippen molar-refractivity contribution in [3.05, 3.63) is 47.3 Å². The van der Waals surface area contributed by atoms with E-state index in [0.29, 0.717) is 10.7 Å². The Hall–Kier alpha value is -2.00. The van der Waals surface area contributed by atoms with E-state index in [1.807, 2.05) is 5.43 Å². The number of rotatable bonds is 4. The van der Waals surface area contributed by atoms with Crippen molar-refractivity contribution in [2.45, 2.75) is 16.8 Å². The first kappa shape index (κ1) is 15.4. The van der Waals surface area contributed by atoms with Gasteiger partial charge in [-0.2, -0.15) is 13.2 Å². The lowest BCUT2D eigenvalue weighted by Crippen LogP contribution is -2.30. The third kappa shape index (κ3) is 3.99. The molecule has 3 N–H and O–H groups in total. The van der Waals surface area contributed by atoms with Crippen molar-refractivity contribution < 1.29 is 22.5 Å². The Morgan fingerprint density at radius 1 is 1.38 bits per heavy atom. The predicted octanol–water partition coefficient (Wildman–Crippen LogP) is 2.59. The summed E-state index contributed by atoms with van der Waals surface area (Å²) in [4.78, 5) is 11.6. The molecule has 0 aliphatic heterocycles. The maximum atomic E-state index is 12.6. The van der Waals surface area contributed by atoms with Crippen LogP contribution in [0.4, 0.5) is 13.2 Å². The first-order valence-corrected chi connectivity index (χ1v) is 6.65. The van der Waals surface area contributed by atoms with Crippen LogP contribution in [0.3, 0.4) is 0 Å². The molecule has 1 amide bonds. The number of carbonyl (C=O) groups is 1. The van der Waals surface area contributed by atoms with Gasteiger partial charge in [0.2, 0.25) is 0 Å². The number of halogens is 3. The number of nitrogen functional groups attached to an aromatic ring is 1. The molecule has 9 heteroatoms. The summed E-state index contributed by atoms with van der Waals surface area (Å²) in [7, 11) is 0. The van der Waals surface area contributed by atoms with Gasteiger partial charge in [-0.05, 0) is 18.2 Å². The number of nitrogens with zero attached hydrogens (tertiary/aromatic N) is 1. The molecule has 1 aromatic carbocycles. The fourth-order valence-electron chi connectivity index (χ4n) is 1.48. The smallest absolute Gasteiger partial charge is 0.360 e. The molecule has 0 saturated carbocycles. The number of benzene rings is 1. The molecule has 0 saturated heterocycles. The highest BCUT2D eigenvalue weighted by Crippen LogP contribution is 2.32. The van der Waals surface area contributed by atoms with Gasteiger partial charge in [0.05, 0.1) is 11.3 Å². The van der Waals surface area contributed by atoms with Crippen LogP contribution in [0.1, 0.15) is 21.8 Å². The van der Waals surface area contributed by atoms with Gasteiger partial charge >= 0.3 is 6.18 Å². The largest absolute Gasteiger partial charge is 0.416 e. The minimum atomic E-state index is -4.38. The highest BCUT2D eigenvalue weighted by Gasteiger charge is 2.30. The molecule has 0 fully saturated rings. The number of hydrogen-bond acceptors (Lipinski definition) is 5. The summed E-state index contributed by atoms with van der Waals surface area (Å²) < 4.78 is 42.6. The summed E-state index contributed by atoms with van der Waals surface area (Å²) in [5, 5.41) is 3.50. The van der Waals surface area contributed by atoms with Gasteiger partial charge < -0.3 is 4.52 Å². The molecule has 2 rings (SSSR count). The summed E-state index contributed by atoms with van der Waals surface area (Å²) in [5.74, 6) is 4.94. The van der Waals surface area contributed by atoms with Crippen molar-refractivity contribution >= 4 is 17.7 Å². The average Bonchev–Trinajstić information content (AvgIpc) is 2.92. The second-order valence-electron chi connectivity index (χ2n) is 3.97. The highest BCUT2D eigenvalue weighted by atomic mass is 32.2. The lowest BCUT2D eigenvalue weighted by molar-refractivity contribution is -0.137. The molecule has 0 spiro atoms. The molecule has 0 aliphatic rings. The highest BCUT2D eigenvalue weighted by molar-refractivity contribution is 7.98. The van der Waals surface area contributed by atoms with Crippen molar-refractivity contribution in [3.63, 3.8) is 0 Å². The van der Waals surface area contributed by atoms with Gasteiger partial charge in [0.1, 0.15) is 5.76 Å². The number of thioether (sulfide) groups is 1. The molecule has 0 atom stereocenters. The van der Waals surface area contributed by atoms with Gasteiger partial charge in [0.25, 0.3) is 5.91 Å². The van der Waals surface area contributed by atoms with Gasteiger partial charge in [-0.25, -0.2) is 5.84 Å². The second-order valence-corrected chi connectivity index (χ2v) is 5.01. The number of nitrogens with one attached hydrogen (secondary N) is 1. The predicted molar refractivity (Wildman–Crippen MR) is 69.2 cm³/mol. The van der Waals surface area contributed by atoms with Crippen LogP contribution in [0, 0.1) is 0 Å². The zero-order valence-corrected chi connectivity index (χ0v) is 11.3. The van der Waals surface area contributed by atoms with E-state index in [0.717, 1.165) is 23.9 Å². The SMILES string of the molecule is NNC(=O)c1cc(CSc2cccc(C(F)(F)F)c2)on1. The fourth-order valence-corrected chi connectivity index (χ4v) is 2.31. The van der Waals surface area contributed by atoms with Crippen molar-refractivity contribution in [2.75, 3.05) is 0 Å². The minimum Gasteiger partial charge on any atom is -0.360 e. The average molecular weight is 317 g/mol. The lowest BCUT2D eigenvalue weighted by atomic mass is 10.2. The van der Waals surface area contributed by atoms with Crippen LogP contribution in [-0.2, 0) is 11.9 Å². The van der Waals surface area contributed by atoms with Crippen LogP contribution in [0.2, 0.25) is 0 Å². The number of alkyl halides is 3. The third-order valence-electron chi connectivity index (χ3n) is 2.47. The van der Waals surface area contributed by atoms with E-state index >= 15 is 0 Å². The summed E-state index contributed by atoms with van der Waals surface area (Å²) >= 11 is 1.14. The molecule has 0 unspecified atom stereocenters.